The Morgan fingerprint density at radius 2 is 1.97 bits per heavy atom. The van der Waals surface area contributed by atoms with Gasteiger partial charge in [0, 0.05) is 23.7 Å². The van der Waals surface area contributed by atoms with Gasteiger partial charge in [-0.05, 0) is 24.6 Å². The molecule has 0 spiro atoms. The zero-order chi connectivity index (χ0) is 20.7. The third-order valence-electron chi connectivity index (χ3n) is 5.04. The van der Waals surface area contributed by atoms with Crippen LogP contribution in [0.25, 0.3) is 0 Å². The molecular formula is C20H17F2N5O2. The van der Waals surface area contributed by atoms with Crippen LogP contribution in [0.5, 0.6) is 0 Å². The highest BCUT2D eigenvalue weighted by atomic mass is 19.1. The van der Waals surface area contributed by atoms with Gasteiger partial charge in [-0.3, -0.25) is 14.5 Å². The number of benzene rings is 2. The van der Waals surface area contributed by atoms with E-state index in [1.165, 1.54) is 15.6 Å². The molecule has 2 heterocycles. The van der Waals surface area contributed by atoms with Crippen LogP contribution < -0.4 is 10.6 Å². The molecule has 1 aromatic heterocycles. The normalized spacial score (nSPS) is 15.4. The van der Waals surface area contributed by atoms with Crippen LogP contribution in [0.4, 0.5) is 14.5 Å². The standard InChI is InChI=1S/C20H17F2N5O2/c1-11-18(24-25-26(11)10-13-6-7-14(21)9-15(13)22)20(29)27-16-5-3-2-4-12(16)8-17(27)19(23)28/h2-7,9,17H,8,10H2,1H3,(H2,23,28)/t17-/m0/s1. The van der Waals surface area contributed by atoms with Crippen LogP contribution in [0.2, 0.25) is 0 Å². The van der Waals surface area contributed by atoms with Gasteiger partial charge in [-0.1, -0.05) is 29.5 Å². The quantitative estimate of drug-likeness (QED) is 0.728. The van der Waals surface area contributed by atoms with Crippen molar-refractivity contribution in [2.75, 3.05) is 4.90 Å². The molecule has 3 aromatic rings. The predicted octanol–water partition coefficient (Wildman–Crippen LogP) is 1.97. The lowest BCUT2D eigenvalue weighted by atomic mass is 10.1. The molecule has 7 nitrogen and oxygen atoms in total. The molecule has 0 aliphatic carbocycles. The number of hydrogen-bond acceptors (Lipinski definition) is 4. The van der Waals surface area contributed by atoms with E-state index in [0.29, 0.717) is 17.8 Å². The summed E-state index contributed by atoms with van der Waals surface area (Å²) in [6.07, 6.45) is 0.325. The Balaban J connectivity index is 1.67. The minimum atomic E-state index is -0.820. The number of nitrogens with zero attached hydrogens (tertiary/aromatic N) is 4. The molecule has 1 atom stereocenters. The van der Waals surface area contributed by atoms with E-state index in [1.54, 1.807) is 19.1 Å². The van der Waals surface area contributed by atoms with Gasteiger partial charge in [-0.25, -0.2) is 13.5 Å². The molecule has 2 N–H and O–H groups in total. The number of aromatic nitrogens is 3. The summed E-state index contributed by atoms with van der Waals surface area (Å²) in [5.74, 6) is -2.52. The molecule has 0 unspecified atom stereocenters. The molecule has 9 heteroatoms. The van der Waals surface area contributed by atoms with Crippen molar-refractivity contribution in [2.45, 2.75) is 25.9 Å². The zero-order valence-corrected chi connectivity index (χ0v) is 15.5. The Morgan fingerprint density at radius 3 is 2.69 bits per heavy atom. The van der Waals surface area contributed by atoms with Crippen molar-refractivity contribution >= 4 is 17.5 Å². The summed E-state index contributed by atoms with van der Waals surface area (Å²) in [6, 6.07) is 9.59. The van der Waals surface area contributed by atoms with Crippen molar-refractivity contribution in [3.05, 3.63) is 76.6 Å². The van der Waals surface area contributed by atoms with E-state index in [1.807, 2.05) is 12.1 Å². The number of hydrogen-bond donors (Lipinski definition) is 1. The topological polar surface area (TPSA) is 94.1 Å². The molecule has 0 bridgehead atoms. The third-order valence-corrected chi connectivity index (χ3v) is 5.04. The molecule has 0 saturated carbocycles. The first-order valence-corrected chi connectivity index (χ1v) is 8.91. The molecule has 4 rings (SSSR count). The van der Waals surface area contributed by atoms with Crippen molar-refractivity contribution in [1.82, 2.24) is 15.0 Å². The molecule has 148 valence electrons. The Morgan fingerprint density at radius 1 is 1.21 bits per heavy atom. The zero-order valence-electron chi connectivity index (χ0n) is 15.5. The number of anilines is 1. The van der Waals surface area contributed by atoms with Gasteiger partial charge in [-0.15, -0.1) is 5.10 Å². The van der Waals surface area contributed by atoms with Gasteiger partial charge in [-0.2, -0.15) is 0 Å². The average Bonchev–Trinajstić information content (AvgIpc) is 3.25. The van der Waals surface area contributed by atoms with E-state index >= 15 is 0 Å². The summed E-state index contributed by atoms with van der Waals surface area (Å²) >= 11 is 0. The number of rotatable bonds is 4. The lowest BCUT2D eigenvalue weighted by Crippen LogP contribution is -2.46. The first-order chi connectivity index (χ1) is 13.9. The lowest BCUT2D eigenvalue weighted by Gasteiger charge is -2.22. The largest absolute Gasteiger partial charge is 0.368 e. The van der Waals surface area contributed by atoms with Crippen LogP contribution in [0.3, 0.4) is 0 Å². The first-order valence-electron chi connectivity index (χ1n) is 8.91. The van der Waals surface area contributed by atoms with Crippen LogP contribution in [0.15, 0.2) is 42.5 Å². The van der Waals surface area contributed by atoms with Crippen LogP contribution in [-0.4, -0.2) is 32.9 Å². The van der Waals surface area contributed by atoms with E-state index in [9.17, 15) is 18.4 Å². The number of halogens is 2. The van der Waals surface area contributed by atoms with Crippen molar-refractivity contribution in [3.8, 4) is 0 Å². The molecule has 2 amide bonds. The number of carbonyl (C=O) groups excluding carboxylic acids is 2. The van der Waals surface area contributed by atoms with Gasteiger partial charge in [0.1, 0.15) is 17.7 Å². The second kappa shape index (κ2) is 7.08. The fourth-order valence-electron chi connectivity index (χ4n) is 3.50. The van der Waals surface area contributed by atoms with Gasteiger partial charge < -0.3 is 5.73 Å². The van der Waals surface area contributed by atoms with E-state index in [-0.39, 0.29) is 17.8 Å². The highest BCUT2D eigenvalue weighted by molar-refractivity contribution is 6.10. The second-order valence-corrected chi connectivity index (χ2v) is 6.84. The van der Waals surface area contributed by atoms with E-state index < -0.39 is 29.5 Å². The Kier molecular flexibility index (Phi) is 4.57. The maximum atomic E-state index is 14.0. The van der Waals surface area contributed by atoms with Gasteiger partial charge in [0.15, 0.2) is 5.69 Å². The van der Waals surface area contributed by atoms with Crippen molar-refractivity contribution < 1.29 is 18.4 Å². The number of fused-ring (bicyclic) bond motifs is 1. The molecule has 29 heavy (non-hydrogen) atoms. The van der Waals surface area contributed by atoms with Crippen LogP contribution in [0.1, 0.15) is 27.3 Å². The molecule has 1 aliphatic rings. The summed E-state index contributed by atoms with van der Waals surface area (Å²) in [6.45, 7) is 1.60. The number of primary amides is 1. The van der Waals surface area contributed by atoms with Crippen LogP contribution in [-0.2, 0) is 17.8 Å². The maximum Gasteiger partial charge on any atom is 0.281 e. The summed E-state index contributed by atoms with van der Waals surface area (Å²) in [5, 5.41) is 7.88. The van der Waals surface area contributed by atoms with Gasteiger partial charge >= 0.3 is 0 Å². The summed E-state index contributed by atoms with van der Waals surface area (Å²) < 4.78 is 28.4. The minimum Gasteiger partial charge on any atom is -0.368 e. The highest BCUT2D eigenvalue weighted by Gasteiger charge is 2.39. The van der Waals surface area contributed by atoms with Gasteiger partial charge in [0.2, 0.25) is 5.91 Å². The van der Waals surface area contributed by atoms with E-state index in [0.717, 1.165) is 17.7 Å². The molecule has 2 aromatic carbocycles. The Hall–Kier alpha value is -3.62. The van der Waals surface area contributed by atoms with Crippen molar-refractivity contribution in [2.24, 2.45) is 5.73 Å². The van der Waals surface area contributed by atoms with Crippen LogP contribution >= 0.6 is 0 Å². The number of amides is 2. The van der Waals surface area contributed by atoms with Crippen molar-refractivity contribution in [1.29, 1.82) is 0 Å². The minimum absolute atomic E-state index is 0.0198. The molecule has 0 fully saturated rings. The first kappa shape index (κ1) is 18.7. The Labute approximate surface area is 164 Å². The third kappa shape index (κ3) is 3.24. The lowest BCUT2D eigenvalue weighted by molar-refractivity contribution is -0.119. The van der Waals surface area contributed by atoms with E-state index in [2.05, 4.69) is 10.3 Å². The molecule has 0 saturated heterocycles. The number of carbonyl (C=O) groups is 2. The van der Waals surface area contributed by atoms with Crippen LogP contribution in [0, 0.1) is 18.6 Å². The number of para-hydroxylation sites is 1. The predicted molar refractivity (Wildman–Crippen MR) is 100 cm³/mol. The molecule has 0 radical (unpaired) electrons. The van der Waals surface area contributed by atoms with Gasteiger partial charge in [0.25, 0.3) is 5.91 Å². The molecule has 1 aliphatic heterocycles. The Bertz CT molecular complexity index is 1130. The van der Waals surface area contributed by atoms with Gasteiger partial charge in [0.05, 0.1) is 12.2 Å². The van der Waals surface area contributed by atoms with E-state index in [4.69, 9.17) is 5.73 Å². The summed E-state index contributed by atoms with van der Waals surface area (Å²) in [4.78, 5) is 26.5. The maximum absolute atomic E-state index is 14.0. The summed E-state index contributed by atoms with van der Waals surface area (Å²) in [5.41, 5.74) is 7.59. The summed E-state index contributed by atoms with van der Waals surface area (Å²) in [7, 11) is 0. The average molecular weight is 397 g/mol. The fraction of sp³-hybridized carbons (Fsp3) is 0.200. The highest BCUT2D eigenvalue weighted by Crippen LogP contribution is 2.33. The fourth-order valence-corrected chi connectivity index (χ4v) is 3.50. The van der Waals surface area contributed by atoms with Crippen molar-refractivity contribution in [3.63, 3.8) is 0 Å². The SMILES string of the molecule is Cc1c(C(=O)N2c3ccccc3C[C@H]2C(N)=O)nnn1Cc1ccc(F)cc1F. The number of nitrogens with two attached hydrogens (primary N) is 1. The monoisotopic (exact) mass is 397 g/mol. The molecular weight excluding hydrogens is 380 g/mol. The second-order valence-electron chi connectivity index (χ2n) is 6.84. The smallest absolute Gasteiger partial charge is 0.281 e.